The number of nitriles is 2. The van der Waals surface area contributed by atoms with E-state index in [0.29, 0.717) is 0 Å². The van der Waals surface area contributed by atoms with Crippen LogP contribution < -0.4 is 5.32 Å². The molecule has 0 radical (unpaired) electrons. The van der Waals surface area contributed by atoms with E-state index in [4.69, 9.17) is 10.5 Å². The summed E-state index contributed by atoms with van der Waals surface area (Å²) in [5, 5.41) is 20.7. The molecular weight excluding hydrogens is 186 g/mol. The first kappa shape index (κ1) is 13.4. The van der Waals surface area contributed by atoms with E-state index in [0.717, 1.165) is 11.1 Å². The SMILES string of the molecule is CC(C)=CC(C#N)NC(C#N)C=C(C)C. The molecular formula is C12H17N3. The third-order valence-corrected chi connectivity index (χ3v) is 1.64. The second kappa shape index (κ2) is 6.81. The van der Waals surface area contributed by atoms with Crippen molar-refractivity contribution in [1.29, 1.82) is 10.5 Å². The van der Waals surface area contributed by atoms with E-state index in [1.165, 1.54) is 0 Å². The number of nitrogens with one attached hydrogen (secondary N) is 1. The van der Waals surface area contributed by atoms with E-state index in [-0.39, 0.29) is 0 Å². The Hall–Kier alpha value is -1.58. The van der Waals surface area contributed by atoms with Crippen molar-refractivity contribution < 1.29 is 0 Å². The van der Waals surface area contributed by atoms with Crippen LogP contribution in [0.25, 0.3) is 0 Å². The van der Waals surface area contributed by atoms with Crippen molar-refractivity contribution >= 4 is 0 Å². The van der Waals surface area contributed by atoms with Gasteiger partial charge >= 0.3 is 0 Å². The molecule has 0 aromatic carbocycles. The Morgan fingerprint density at radius 2 is 1.27 bits per heavy atom. The van der Waals surface area contributed by atoms with Crippen molar-refractivity contribution in [3.63, 3.8) is 0 Å². The number of nitrogens with zero attached hydrogens (tertiary/aromatic N) is 2. The van der Waals surface area contributed by atoms with Gasteiger partial charge in [-0.25, -0.2) is 0 Å². The molecule has 0 saturated heterocycles. The summed E-state index contributed by atoms with van der Waals surface area (Å²) in [6, 6.07) is 3.39. The molecule has 0 fully saturated rings. The second-order valence-electron chi connectivity index (χ2n) is 3.87. The number of hydrogen-bond donors (Lipinski definition) is 1. The van der Waals surface area contributed by atoms with Gasteiger partial charge in [0.25, 0.3) is 0 Å². The summed E-state index contributed by atoms with van der Waals surface area (Å²) in [6.45, 7) is 7.70. The Balaban J connectivity index is 4.56. The lowest BCUT2D eigenvalue weighted by molar-refractivity contribution is 0.669. The molecule has 0 aliphatic rings. The summed E-state index contributed by atoms with van der Waals surface area (Å²) >= 11 is 0. The maximum Gasteiger partial charge on any atom is 0.115 e. The van der Waals surface area contributed by atoms with Gasteiger partial charge in [-0.15, -0.1) is 0 Å². The van der Waals surface area contributed by atoms with Crippen molar-refractivity contribution in [2.75, 3.05) is 0 Å². The fourth-order valence-corrected chi connectivity index (χ4v) is 1.11. The number of rotatable bonds is 4. The van der Waals surface area contributed by atoms with Crippen LogP contribution in [-0.4, -0.2) is 12.1 Å². The maximum absolute atomic E-state index is 8.87. The van der Waals surface area contributed by atoms with Gasteiger partial charge in [-0.1, -0.05) is 23.3 Å². The highest BCUT2D eigenvalue weighted by atomic mass is 14.9. The third kappa shape index (κ3) is 6.49. The highest BCUT2D eigenvalue weighted by Gasteiger charge is 2.09. The molecule has 80 valence electrons. The van der Waals surface area contributed by atoms with Gasteiger partial charge in [-0.3, -0.25) is 5.32 Å². The first-order valence-corrected chi connectivity index (χ1v) is 4.85. The summed E-state index contributed by atoms with van der Waals surface area (Å²) in [5.41, 5.74) is 2.12. The molecule has 0 spiro atoms. The Kier molecular flexibility index (Phi) is 6.09. The molecule has 0 heterocycles. The largest absolute Gasteiger partial charge is 0.280 e. The molecule has 1 N–H and O–H groups in total. The molecule has 0 aromatic heterocycles. The van der Waals surface area contributed by atoms with E-state index in [9.17, 15) is 0 Å². The van der Waals surface area contributed by atoms with Gasteiger partial charge in [0.15, 0.2) is 0 Å². The zero-order chi connectivity index (χ0) is 11.8. The van der Waals surface area contributed by atoms with Gasteiger partial charge in [0, 0.05) is 0 Å². The average Bonchev–Trinajstić information content (AvgIpc) is 2.14. The van der Waals surface area contributed by atoms with Crippen LogP contribution in [0.15, 0.2) is 23.3 Å². The molecule has 2 atom stereocenters. The summed E-state index contributed by atoms with van der Waals surface area (Å²) < 4.78 is 0. The fraction of sp³-hybridized carbons (Fsp3) is 0.500. The van der Waals surface area contributed by atoms with Crippen LogP contribution in [0.3, 0.4) is 0 Å². The van der Waals surface area contributed by atoms with Gasteiger partial charge < -0.3 is 0 Å². The van der Waals surface area contributed by atoms with Crippen LogP contribution >= 0.6 is 0 Å². The van der Waals surface area contributed by atoms with Gasteiger partial charge in [-0.05, 0) is 27.7 Å². The van der Waals surface area contributed by atoms with Crippen LogP contribution in [-0.2, 0) is 0 Å². The standard InChI is InChI=1S/C12H17N3/c1-9(2)5-11(7-13)15-12(8-14)6-10(3)4/h5-6,11-12,15H,1-4H3. The second-order valence-corrected chi connectivity index (χ2v) is 3.87. The summed E-state index contributed by atoms with van der Waals surface area (Å²) in [7, 11) is 0. The predicted molar refractivity (Wildman–Crippen MR) is 60.8 cm³/mol. The van der Waals surface area contributed by atoms with Crippen molar-refractivity contribution in [1.82, 2.24) is 5.32 Å². The molecule has 0 bridgehead atoms. The highest BCUT2D eigenvalue weighted by Crippen LogP contribution is 1.99. The summed E-state index contributed by atoms with van der Waals surface area (Å²) in [5.74, 6) is 0. The molecule has 0 aliphatic heterocycles. The molecule has 0 aromatic rings. The molecule has 0 aliphatic carbocycles. The zero-order valence-corrected chi connectivity index (χ0v) is 9.70. The minimum Gasteiger partial charge on any atom is -0.280 e. The van der Waals surface area contributed by atoms with Crippen molar-refractivity contribution in [2.24, 2.45) is 0 Å². The van der Waals surface area contributed by atoms with Crippen LogP contribution in [0, 0.1) is 22.7 Å². The molecule has 15 heavy (non-hydrogen) atoms. The minimum atomic E-state index is -0.407. The van der Waals surface area contributed by atoms with E-state index in [2.05, 4.69) is 17.5 Å². The minimum absolute atomic E-state index is 0.407. The van der Waals surface area contributed by atoms with Crippen LogP contribution in [0.2, 0.25) is 0 Å². The van der Waals surface area contributed by atoms with Crippen molar-refractivity contribution in [3.8, 4) is 12.1 Å². The average molecular weight is 203 g/mol. The van der Waals surface area contributed by atoms with Gasteiger partial charge in [0.2, 0.25) is 0 Å². The molecule has 2 unspecified atom stereocenters. The molecule has 3 nitrogen and oxygen atoms in total. The molecule has 3 heteroatoms. The topological polar surface area (TPSA) is 59.6 Å². The quantitative estimate of drug-likeness (QED) is 0.713. The van der Waals surface area contributed by atoms with Crippen LogP contribution in [0.1, 0.15) is 27.7 Å². The van der Waals surface area contributed by atoms with E-state index >= 15 is 0 Å². The summed E-state index contributed by atoms with van der Waals surface area (Å²) in [6.07, 6.45) is 3.62. The lowest BCUT2D eigenvalue weighted by atomic mass is 10.1. The van der Waals surface area contributed by atoms with E-state index in [1.54, 1.807) is 0 Å². The smallest absolute Gasteiger partial charge is 0.115 e. The Morgan fingerprint density at radius 3 is 1.47 bits per heavy atom. The van der Waals surface area contributed by atoms with E-state index < -0.39 is 12.1 Å². The molecule has 0 rings (SSSR count). The monoisotopic (exact) mass is 203 g/mol. The summed E-state index contributed by atoms with van der Waals surface area (Å²) in [4.78, 5) is 0. The Labute approximate surface area is 91.7 Å². The van der Waals surface area contributed by atoms with Crippen LogP contribution in [0.5, 0.6) is 0 Å². The van der Waals surface area contributed by atoms with Crippen molar-refractivity contribution in [2.45, 2.75) is 39.8 Å². The number of allylic oxidation sites excluding steroid dienone is 2. The van der Waals surface area contributed by atoms with Crippen molar-refractivity contribution in [3.05, 3.63) is 23.3 Å². The predicted octanol–water partition coefficient (Wildman–Crippen LogP) is 2.29. The Bertz CT molecular complexity index is 297. The first-order valence-electron chi connectivity index (χ1n) is 4.85. The number of hydrogen-bond acceptors (Lipinski definition) is 3. The van der Waals surface area contributed by atoms with E-state index in [1.807, 2.05) is 39.8 Å². The molecule has 0 amide bonds. The van der Waals surface area contributed by atoms with Gasteiger partial charge in [0.05, 0.1) is 12.1 Å². The fourth-order valence-electron chi connectivity index (χ4n) is 1.11. The Morgan fingerprint density at radius 1 is 0.933 bits per heavy atom. The lowest BCUT2D eigenvalue weighted by Crippen LogP contribution is -2.34. The van der Waals surface area contributed by atoms with Gasteiger partial charge in [0.1, 0.15) is 12.1 Å². The zero-order valence-electron chi connectivity index (χ0n) is 9.70. The maximum atomic E-state index is 8.87. The highest BCUT2D eigenvalue weighted by molar-refractivity contribution is 5.17. The first-order chi connectivity index (χ1) is 6.99. The normalized spacial score (nSPS) is 12.9. The lowest BCUT2D eigenvalue weighted by Gasteiger charge is -2.11. The van der Waals surface area contributed by atoms with Gasteiger partial charge in [-0.2, -0.15) is 10.5 Å². The third-order valence-electron chi connectivity index (χ3n) is 1.64. The molecule has 0 saturated carbocycles. The van der Waals surface area contributed by atoms with Crippen LogP contribution in [0.4, 0.5) is 0 Å².